The van der Waals surface area contributed by atoms with Gasteiger partial charge in [-0.05, 0) is 72.2 Å². The number of hydrogen-bond donors (Lipinski definition) is 1. The van der Waals surface area contributed by atoms with E-state index in [9.17, 15) is 9.59 Å². The Bertz CT molecular complexity index is 791. The standard InChI is InChI=1S/C23H29IN2O3/c1-4-14-25-23(28)21(5-2)26(15-18-8-6-17(3)7-9-18)22(27)16-29-20-12-10-19(24)11-13-20/h6-13,21H,4-5,14-16H2,1-3H3,(H,25,28)/t21-/m0/s1. The highest BCUT2D eigenvalue weighted by molar-refractivity contribution is 14.1. The highest BCUT2D eigenvalue weighted by Crippen LogP contribution is 2.16. The maximum atomic E-state index is 13.1. The SMILES string of the molecule is CCCNC(=O)[C@H](CC)N(Cc1ccc(C)cc1)C(=O)COc1ccc(I)cc1. The number of carbonyl (C=O) groups excluding carboxylic acids is 2. The summed E-state index contributed by atoms with van der Waals surface area (Å²) < 4.78 is 6.79. The molecule has 0 aliphatic rings. The van der Waals surface area contributed by atoms with Gasteiger partial charge in [-0.25, -0.2) is 0 Å². The zero-order chi connectivity index (χ0) is 21.2. The second kappa shape index (κ2) is 11.8. The van der Waals surface area contributed by atoms with Gasteiger partial charge in [-0.3, -0.25) is 9.59 Å². The molecule has 0 saturated heterocycles. The molecule has 5 nitrogen and oxygen atoms in total. The van der Waals surface area contributed by atoms with Crippen LogP contribution >= 0.6 is 22.6 Å². The summed E-state index contributed by atoms with van der Waals surface area (Å²) in [6.45, 7) is 6.81. The predicted molar refractivity (Wildman–Crippen MR) is 124 cm³/mol. The van der Waals surface area contributed by atoms with Gasteiger partial charge in [-0.15, -0.1) is 0 Å². The molecule has 0 aromatic heterocycles. The highest BCUT2D eigenvalue weighted by Gasteiger charge is 2.28. The molecule has 0 heterocycles. The molecule has 0 aliphatic heterocycles. The third-order valence-corrected chi connectivity index (χ3v) is 5.30. The second-order valence-corrected chi connectivity index (χ2v) is 8.21. The molecular formula is C23H29IN2O3. The molecule has 0 fully saturated rings. The molecule has 29 heavy (non-hydrogen) atoms. The lowest BCUT2D eigenvalue weighted by molar-refractivity contribution is -0.143. The minimum Gasteiger partial charge on any atom is -0.484 e. The normalized spacial score (nSPS) is 11.6. The maximum absolute atomic E-state index is 13.1. The van der Waals surface area contributed by atoms with Crippen molar-refractivity contribution in [3.8, 4) is 5.75 Å². The summed E-state index contributed by atoms with van der Waals surface area (Å²) >= 11 is 2.22. The van der Waals surface area contributed by atoms with Crippen molar-refractivity contribution in [2.24, 2.45) is 0 Å². The molecule has 0 unspecified atom stereocenters. The van der Waals surface area contributed by atoms with Crippen LogP contribution in [0.5, 0.6) is 5.75 Å². The summed E-state index contributed by atoms with van der Waals surface area (Å²) in [6, 6.07) is 15.0. The van der Waals surface area contributed by atoms with E-state index in [4.69, 9.17) is 4.74 Å². The molecule has 2 aromatic rings. The molecule has 2 aromatic carbocycles. The zero-order valence-corrected chi connectivity index (χ0v) is 19.4. The molecule has 0 saturated carbocycles. The van der Waals surface area contributed by atoms with E-state index in [1.54, 1.807) is 4.90 Å². The van der Waals surface area contributed by atoms with Gasteiger partial charge in [-0.2, -0.15) is 0 Å². The van der Waals surface area contributed by atoms with Crippen LogP contribution in [-0.2, 0) is 16.1 Å². The number of nitrogens with one attached hydrogen (secondary N) is 1. The summed E-state index contributed by atoms with van der Waals surface area (Å²) in [4.78, 5) is 27.4. The quantitative estimate of drug-likeness (QED) is 0.487. The van der Waals surface area contributed by atoms with Gasteiger partial charge in [-0.1, -0.05) is 43.7 Å². The molecule has 156 valence electrons. The van der Waals surface area contributed by atoms with Crippen LogP contribution in [0.25, 0.3) is 0 Å². The lowest BCUT2D eigenvalue weighted by atomic mass is 10.1. The van der Waals surface area contributed by atoms with Crippen LogP contribution in [0.4, 0.5) is 0 Å². The smallest absolute Gasteiger partial charge is 0.261 e. The van der Waals surface area contributed by atoms with Crippen LogP contribution in [0.3, 0.4) is 0 Å². The Hall–Kier alpha value is -2.09. The van der Waals surface area contributed by atoms with Gasteiger partial charge in [0.25, 0.3) is 5.91 Å². The highest BCUT2D eigenvalue weighted by atomic mass is 127. The van der Waals surface area contributed by atoms with Crippen LogP contribution in [-0.4, -0.2) is 35.9 Å². The zero-order valence-electron chi connectivity index (χ0n) is 17.3. The van der Waals surface area contributed by atoms with Crippen molar-refractivity contribution in [2.45, 2.75) is 46.2 Å². The first-order chi connectivity index (χ1) is 13.9. The summed E-state index contributed by atoms with van der Waals surface area (Å²) in [5.74, 6) is 0.309. The van der Waals surface area contributed by atoms with Crippen molar-refractivity contribution >= 4 is 34.4 Å². The predicted octanol–water partition coefficient (Wildman–Crippen LogP) is 4.31. The van der Waals surface area contributed by atoms with E-state index in [2.05, 4.69) is 27.9 Å². The molecule has 6 heteroatoms. The molecule has 2 rings (SSSR count). The summed E-state index contributed by atoms with van der Waals surface area (Å²) in [5.41, 5.74) is 2.14. The van der Waals surface area contributed by atoms with Crippen molar-refractivity contribution in [3.05, 3.63) is 63.2 Å². The number of rotatable bonds is 10. The van der Waals surface area contributed by atoms with Gasteiger partial charge in [0.2, 0.25) is 5.91 Å². The number of hydrogen-bond acceptors (Lipinski definition) is 3. The molecule has 2 amide bonds. The van der Waals surface area contributed by atoms with E-state index >= 15 is 0 Å². The lowest BCUT2D eigenvalue weighted by Crippen LogP contribution is -2.50. The van der Waals surface area contributed by atoms with Crippen molar-refractivity contribution in [1.82, 2.24) is 10.2 Å². The van der Waals surface area contributed by atoms with Gasteiger partial charge in [0, 0.05) is 16.7 Å². The first-order valence-electron chi connectivity index (χ1n) is 9.95. The number of amides is 2. The largest absolute Gasteiger partial charge is 0.484 e. The fourth-order valence-corrected chi connectivity index (χ4v) is 3.29. The molecule has 0 aliphatic carbocycles. The molecular weight excluding hydrogens is 479 g/mol. The molecule has 1 atom stereocenters. The number of nitrogens with zero attached hydrogens (tertiary/aromatic N) is 1. The van der Waals surface area contributed by atoms with E-state index in [0.717, 1.165) is 21.1 Å². The Kier molecular flexibility index (Phi) is 9.44. The third kappa shape index (κ3) is 7.34. The van der Waals surface area contributed by atoms with Crippen molar-refractivity contribution in [2.75, 3.05) is 13.2 Å². The van der Waals surface area contributed by atoms with E-state index in [-0.39, 0.29) is 18.4 Å². The Balaban J connectivity index is 2.16. The fourth-order valence-electron chi connectivity index (χ4n) is 2.93. The lowest BCUT2D eigenvalue weighted by Gasteiger charge is -2.30. The van der Waals surface area contributed by atoms with Crippen LogP contribution in [0.15, 0.2) is 48.5 Å². The van der Waals surface area contributed by atoms with Crippen molar-refractivity contribution in [1.29, 1.82) is 0 Å². The third-order valence-electron chi connectivity index (χ3n) is 4.58. The Morgan fingerprint density at radius 3 is 2.31 bits per heavy atom. The first-order valence-corrected chi connectivity index (χ1v) is 11.0. The first kappa shape index (κ1) is 23.2. The molecule has 0 bridgehead atoms. The van der Waals surface area contributed by atoms with Gasteiger partial charge in [0.15, 0.2) is 6.61 Å². The number of carbonyl (C=O) groups is 2. The van der Waals surface area contributed by atoms with Gasteiger partial charge in [0.1, 0.15) is 11.8 Å². The van der Waals surface area contributed by atoms with Crippen LogP contribution < -0.4 is 10.1 Å². The van der Waals surface area contributed by atoms with E-state index < -0.39 is 6.04 Å². The summed E-state index contributed by atoms with van der Waals surface area (Å²) in [7, 11) is 0. The molecule has 0 radical (unpaired) electrons. The number of halogens is 1. The van der Waals surface area contributed by atoms with E-state index in [1.165, 1.54) is 0 Å². The Morgan fingerprint density at radius 2 is 1.72 bits per heavy atom. The topological polar surface area (TPSA) is 58.6 Å². The minimum absolute atomic E-state index is 0.107. The van der Waals surface area contributed by atoms with Gasteiger partial charge < -0.3 is 15.0 Å². The minimum atomic E-state index is -0.532. The Labute approximate surface area is 187 Å². The van der Waals surface area contributed by atoms with Crippen molar-refractivity contribution < 1.29 is 14.3 Å². The van der Waals surface area contributed by atoms with E-state index in [1.807, 2.05) is 69.3 Å². The summed E-state index contributed by atoms with van der Waals surface area (Å²) in [5, 5.41) is 2.92. The van der Waals surface area contributed by atoms with Gasteiger partial charge in [0.05, 0.1) is 0 Å². The van der Waals surface area contributed by atoms with Crippen LogP contribution in [0, 0.1) is 10.5 Å². The second-order valence-electron chi connectivity index (χ2n) is 6.96. The summed E-state index contributed by atoms with van der Waals surface area (Å²) in [6.07, 6.45) is 1.39. The number of benzene rings is 2. The number of aryl methyl sites for hydroxylation is 1. The number of ether oxygens (including phenoxy) is 1. The van der Waals surface area contributed by atoms with Gasteiger partial charge >= 0.3 is 0 Å². The maximum Gasteiger partial charge on any atom is 0.261 e. The Morgan fingerprint density at radius 1 is 1.07 bits per heavy atom. The fraction of sp³-hybridized carbons (Fsp3) is 0.391. The molecule has 1 N–H and O–H groups in total. The van der Waals surface area contributed by atoms with E-state index in [0.29, 0.717) is 25.3 Å². The molecule has 0 spiro atoms. The van der Waals surface area contributed by atoms with Crippen LogP contribution in [0.1, 0.15) is 37.8 Å². The van der Waals surface area contributed by atoms with Crippen LogP contribution in [0.2, 0.25) is 0 Å². The van der Waals surface area contributed by atoms with Crippen molar-refractivity contribution in [3.63, 3.8) is 0 Å². The average Bonchev–Trinajstić information content (AvgIpc) is 2.72. The monoisotopic (exact) mass is 508 g/mol. The average molecular weight is 508 g/mol.